The van der Waals surface area contributed by atoms with Crippen molar-refractivity contribution in [3.63, 3.8) is 0 Å². The Kier molecular flexibility index (Phi) is 7.66. The number of amides is 2. The van der Waals surface area contributed by atoms with Gasteiger partial charge in [0, 0.05) is 36.9 Å². The summed E-state index contributed by atoms with van der Waals surface area (Å²) in [7, 11) is 0. The maximum Gasteiger partial charge on any atom is 0.233 e. The monoisotopic (exact) mass is 445 g/mol. The Bertz CT molecular complexity index is 824. The molecule has 2 saturated carbocycles. The number of rotatable bonds is 7. The molecule has 0 bridgehead atoms. The molecule has 2 aliphatic carbocycles. The van der Waals surface area contributed by atoms with Gasteiger partial charge in [0.2, 0.25) is 11.8 Å². The maximum absolute atomic E-state index is 13.2. The lowest BCUT2D eigenvalue weighted by Gasteiger charge is -2.32. The van der Waals surface area contributed by atoms with Gasteiger partial charge in [-0.15, -0.1) is 11.3 Å². The predicted octanol–water partition coefficient (Wildman–Crippen LogP) is 5.69. The van der Waals surface area contributed by atoms with Gasteiger partial charge in [-0.3, -0.25) is 13.9 Å². The van der Waals surface area contributed by atoms with Crippen molar-refractivity contribution in [2.75, 3.05) is 0 Å². The van der Waals surface area contributed by atoms with Gasteiger partial charge in [-0.2, -0.15) is 0 Å². The number of hydrogen-bond acceptors (Lipinski definition) is 5. The van der Waals surface area contributed by atoms with Crippen molar-refractivity contribution in [2.24, 2.45) is 0 Å². The van der Waals surface area contributed by atoms with Gasteiger partial charge in [0.05, 0.1) is 10.2 Å². The Balaban J connectivity index is 1.38. The Morgan fingerprint density at radius 2 is 1.70 bits per heavy atom. The second kappa shape index (κ2) is 10.6. The van der Waals surface area contributed by atoms with Gasteiger partial charge in [-0.25, -0.2) is 4.98 Å². The summed E-state index contributed by atoms with van der Waals surface area (Å²) in [5.41, 5.74) is 0.980. The van der Waals surface area contributed by atoms with E-state index in [1.165, 1.54) is 37.6 Å². The molecule has 0 radical (unpaired) electrons. The lowest BCUT2D eigenvalue weighted by molar-refractivity contribution is -0.131. The largest absolute Gasteiger partial charge is 0.353 e. The molecule has 2 aromatic rings. The zero-order valence-electron chi connectivity index (χ0n) is 17.5. The van der Waals surface area contributed by atoms with Crippen LogP contribution in [-0.4, -0.2) is 33.2 Å². The molecule has 2 amide bonds. The fourth-order valence-corrected chi connectivity index (χ4v) is 6.71. The first-order valence-corrected chi connectivity index (χ1v) is 12.9. The fourth-order valence-electron chi connectivity index (χ4n) is 4.50. The number of thiazole rings is 1. The molecule has 0 aliphatic heterocycles. The van der Waals surface area contributed by atoms with Crippen LogP contribution in [0.5, 0.6) is 0 Å². The number of aromatic nitrogens is 1. The molecule has 0 unspecified atom stereocenters. The first-order chi connectivity index (χ1) is 14.7. The van der Waals surface area contributed by atoms with E-state index >= 15 is 0 Å². The molecule has 30 heavy (non-hydrogen) atoms. The normalized spacial score (nSPS) is 18.4. The van der Waals surface area contributed by atoms with Gasteiger partial charge in [0.1, 0.15) is 0 Å². The van der Waals surface area contributed by atoms with Crippen LogP contribution in [0.2, 0.25) is 0 Å². The van der Waals surface area contributed by atoms with Crippen LogP contribution in [0.15, 0.2) is 28.6 Å². The van der Waals surface area contributed by atoms with Crippen molar-refractivity contribution in [2.45, 2.75) is 93.5 Å². The molecule has 0 spiro atoms. The van der Waals surface area contributed by atoms with E-state index in [0.717, 1.165) is 53.1 Å². The summed E-state index contributed by atoms with van der Waals surface area (Å²) in [6, 6.07) is 8.63. The molecular weight excluding hydrogens is 414 g/mol. The smallest absolute Gasteiger partial charge is 0.233 e. The zero-order chi connectivity index (χ0) is 20.8. The van der Waals surface area contributed by atoms with E-state index in [2.05, 4.69) is 11.4 Å². The van der Waals surface area contributed by atoms with E-state index in [1.807, 2.05) is 22.5 Å². The summed E-state index contributed by atoms with van der Waals surface area (Å²) in [6.07, 6.45) is 12.0. The van der Waals surface area contributed by atoms with Crippen molar-refractivity contribution in [3.05, 3.63) is 24.3 Å². The Morgan fingerprint density at radius 1 is 1.00 bits per heavy atom. The first-order valence-electron chi connectivity index (χ1n) is 11.3. The summed E-state index contributed by atoms with van der Waals surface area (Å²) in [6.45, 7) is 0. The highest BCUT2D eigenvalue weighted by Gasteiger charge is 2.28. The van der Waals surface area contributed by atoms with E-state index in [0.29, 0.717) is 6.04 Å². The molecule has 1 heterocycles. The second-order valence-corrected chi connectivity index (χ2v) is 10.7. The average molecular weight is 446 g/mol. The number of nitrogens with zero attached hydrogens (tertiary/aromatic N) is 2. The molecule has 4 rings (SSSR count). The highest BCUT2D eigenvalue weighted by Crippen LogP contribution is 2.36. The summed E-state index contributed by atoms with van der Waals surface area (Å²) in [5, 5.41) is 3.13. The summed E-state index contributed by atoms with van der Waals surface area (Å²) < 4.78 is 3.98. The van der Waals surface area contributed by atoms with E-state index in [4.69, 9.17) is 4.98 Å². The molecule has 0 atom stereocenters. The average Bonchev–Trinajstić information content (AvgIpc) is 3.20. The van der Waals surface area contributed by atoms with Crippen molar-refractivity contribution < 1.29 is 9.59 Å². The van der Waals surface area contributed by atoms with Gasteiger partial charge in [0.25, 0.3) is 0 Å². The van der Waals surface area contributed by atoms with Gasteiger partial charge in [0.15, 0.2) is 4.34 Å². The molecular formula is C23H31N3O2S2. The SMILES string of the molecule is O=C(CCC(=O)N(Sc1nc2ccccc2s1)C1CCCCC1)NC1CCCCC1. The number of carbonyl (C=O) groups excluding carboxylic acids is 2. The van der Waals surface area contributed by atoms with Crippen LogP contribution >= 0.6 is 23.3 Å². The topological polar surface area (TPSA) is 62.3 Å². The standard InChI is InChI=1S/C23H31N3O2S2/c27-21(24-17-9-3-1-4-10-17)15-16-22(28)26(18-11-5-2-6-12-18)30-23-25-19-13-7-8-14-20(19)29-23/h7-8,13-14,17-18H,1-6,9-12,15-16H2,(H,24,27). The molecule has 1 aromatic heterocycles. The van der Waals surface area contributed by atoms with Gasteiger partial charge in [-0.05, 0) is 37.8 Å². The van der Waals surface area contributed by atoms with Crippen LogP contribution in [0, 0.1) is 0 Å². The number of carbonyl (C=O) groups is 2. The van der Waals surface area contributed by atoms with Crippen LogP contribution in [0.3, 0.4) is 0 Å². The first kappa shape index (κ1) is 21.6. The summed E-state index contributed by atoms with van der Waals surface area (Å²) >= 11 is 3.11. The van der Waals surface area contributed by atoms with Crippen molar-refractivity contribution in [1.82, 2.24) is 14.6 Å². The molecule has 1 N–H and O–H groups in total. The molecule has 0 saturated heterocycles. The van der Waals surface area contributed by atoms with Crippen molar-refractivity contribution >= 4 is 45.3 Å². The van der Waals surface area contributed by atoms with E-state index < -0.39 is 0 Å². The maximum atomic E-state index is 13.2. The van der Waals surface area contributed by atoms with Crippen LogP contribution in [0.25, 0.3) is 10.2 Å². The molecule has 2 aliphatic rings. The van der Waals surface area contributed by atoms with Crippen molar-refractivity contribution in [1.29, 1.82) is 0 Å². The molecule has 162 valence electrons. The molecule has 2 fully saturated rings. The highest BCUT2D eigenvalue weighted by atomic mass is 32.2. The molecule has 5 nitrogen and oxygen atoms in total. The Morgan fingerprint density at radius 3 is 2.43 bits per heavy atom. The fraction of sp³-hybridized carbons (Fsp3) is 0.609. The minimum atomic E-state index is 0.0174. The predicted molar refractivity (Wildman–Crippen MR) is 123 cm³/mol. The van der Waals surface area contributed by atoms with Crippen molar-refractivity contribution in [3.8, 4) is 0 Å². The minimum Gasteiger partial charge on any atom is -0.353 e. The van der Waals surface area contributed by atoms with Crippen LogP contribution in [0.1, 0.15) is 77.0 Å². The van der Waals surface area contributed by atoms with E-state index in [-0.39, 0.29) is 30.7 Å². The lowest BCUT2D eigenvalue weighted by Crippen LogP contribution is -2.39. The summed E-state index contributed by atoms with van der Waals surface area (Å²) in [5.74, 6) is 0.0776. The minimum absolute atomic E-state index is 0.0174. The summed E-state index contributed by atoms with van der Waals surface area (Å²) in [4.78, 5) is 30.3. The lowest BCUT2D eigenvalue weighted by atomic mass is 9.95. The third kappa shape index (κ3) is 5.76. The number of fused-ring (bicyclic) bond motifs is 1. The van der Waals surface area contributed by atoms with Gasteiger partial charge < -0.3 is 5.32 Å². The number of para-hydroxylation sites is 1. The highest BCUT2D eigenvalue weighted by molar-refractivity contribution is 7.99. The quantitative estimate of drug-likeness (QED) is 0.556. The van der Waals surface area contributed by atoms with E-state index in [9.17, 15) is 9.59 Å². The van der Waals surface area contributed by atoms with Gasteiger partial charge in [-0.1, -0.05) is 50.7 Å². The van der Waals surface area contributed by atoms with Crippen LogP contribution in [0.4, 0.5) is 0 Å². The van der Waals surface area contributed by atoms with Crippen LogP contribution < -0.4 is 5.32 Å². The number of hydrogen-bond donors (Lipinski definition) is 1. The Hall–Kier alpha value is -1.60. The van der Waals surface area contributed by atoms with Gasteiger partial charge >= 0.3 is 0 Å². The van der Waals surface area contributed by atoms with Crippen LogP contribution in [-0.2, 0) is 9.59 Å². The third-order valence-corrected chi connectivity index (χ3v) is 8.39. The number of nitrogens with one attached hydrogen (secondary N) is 1. The number of benzene rings is 1. The second-order valence-electron chi connectivity index (χ2n) is 8.45. The zero-order valence-corrected chi connectivity index (χ0v) is 19.1. The third-order valence-electron chi connectivity index (χ3n) is 6.14. The molecule has 1 aromatic carbocycles. The molecule has 7 heteroatoms. The Labute approximate surface area is 187 Å². The van der Waals surface area contributed by atoms with E-state index in [1.54, 1.807) is 11.3 Å².